The molecule has 0 bridgehead atoms. The Hall–Kier alpha value is 6.32. The molecule has 12 heteroatoms. The fourth-order valence-corrected chi connectivity index (χ4v) is 0. The van der Waals surface area contributed by atoms with Crippen LogP contribution in [0.2, 0.25) is 0 Å². The molecule has 0 aliphatic rings. The molecular weight excluding hydrogens is 371 g/mol. The monoisotopic (exact) mass is 372 g/mol. The van der Waals surface area contributed by atoms with E-state index in [2.05, 4.69) is 0 Å². The van der Waals surface area contributed by atoms with Crippen molar-refractivity contribution in [2.75, 3.05) is 0 Å². The zero-order valence-electron chi connectivity index (χ0n) is 6.68. The first-order chi connectivity index (χ1) is 0. The summed E-state index contributed by atoms with van der Waals surface area (Å²) in [4.78, 5) is 0. The molecule has 0 unspecified atom stereocenters. The molecule has 0 amide bonds. The Kier molecular flexibility index (Phi) is 1320. The second-order valence-corrected chi connectivity index (χ2v) is 0. The van der Waals surface area contributed by atoms with Gasteiger partial charge in [-0.1, -0.05) is 0 Å². The van der Waals surface area contributed by atoms with Gasteiger partial charge in [0, 0.05) is 0 Å². The molecule has 0 saturated carbocycles. The van der Waals surface area contributed by atoms with Gasteiger partial charge in [0.25, 0.3) is 0 Å². The molecule has 0 aromatic heterocycles. The van der Waals surface area contributed by atoms with Gasteiger partial charge in [-0.3, -0.25) is 0 Å². The molecule has 0 aromatic carbocycles. The van der Waals surface area contributed by atoms with Crippen LogP contribution in [0.3, 0.4) is 0 Å². The summed E-state index contributed by atoms with van der Waals surface area (Å²) in [5, 5.41) is 0. The minimum absolute atomic E-state index is 0. The van der Waals surface area contributed by atoms with E-state index >= 15 is 0 Å². The van der Waals surface area contributed by atoms with Crippen LogP contribution in [0.4, 0.5) is 0 Å². The zero-order chi connectivity index (χ0) is 0. The second-order valence-electron chi connectivity index (χ2n) is 0. The summed E-state index contributed by atoms with van der Waals surface area (Å²) in [7, 11) is 0. The van der Waals surface area contributed by atoms with Crippen molar-refractivity contribution in [1.82, 2.24) is 0 Å². The van der Waals surface area contributed by atoms with Crippen molar-refractivity contribution < 1.29 is 166 Å². The first-order valence-corrected chi connectivity index (χ1v) is 0. The van der Waals surface area contributed by atoms with Crippen molar-refractivity contribution in [3.05, 3.63) is 0 Å². The van der Waals surface area contributed by atoms with Gasteiger partial charge >= 0.3 is 142 Å². The molecule has 12 heavy (non-hydrogen) atoms. The Morgan fingerprint density at radius 2 is 0.500 bits per heavy atom. The third-order valence-electron chi connectivity index (χ3n) is 0. The van der Waals surface area contributed by atoms with Crippen LogP contribution in [0.15, 0.2) is 0 Å². The summed E-state index contributed by atoms with van der Waals surface area (Å²) < 4.78 is 0. The predicted octanol–water partition coefficient (Wildman–Crippen LogP) is -26.4. The molecule has 0 atom stereocenters. The van der Waals surface area contributed by atoms with Crippen molar-refractivity contribution in [2.24, 2.45) is 0 Å². The van der Waals surface area contributed by atoms with Gasteiger partial charge < -0.3 is 85.4 Å². The Morgan fingerprint density at radius 3 is 0.500 bits per heavy atom. The summed E-state index contributed by atoms with van der Waals surface area (Å²) in [6.45, 7) is 0. The average molecular weight is 375 g/mol. The minimum atomic E-state index is 0. The van der Waals surface area contributed by atoms with E-state index in [0.29, 0.717) is 0 Å². The van der Waals surface area contributed by atoms with Crippen molar-refractivity contribution in [2.45, 2.75) is 0 Å². The average Bonchev–Trinajstić information content (AvgIpc) is 0. The Morgan fingerprint density at radius 1 is 0.500 bits per heavy atom. The molecule has 0 saturated heterocycles. The molecule has 0 rings (SSSR count). The van der Waals surface area contributed by atoms with E-state index in [4.69, 9.17) is 0 Å². The fraction of sp³-hybridized carbons (Fsp3) is 0. The normalized spacial score (nSPS) is 0. The van der Waals surface area contributed by atoms with Gasteiger partial charge in [0.1, 0.15) is 0 Å². The first kappa shape index (κ1) is 138. The van der Waals surface area contributed by atoms with E-state index in [1.54, 1.807) is 0 Å². The van der Waals surface area contributed by atoms with Crippen LogP contribution in [0.5, 0.6) is 0 Å². The van der Waals surface area contributed by atoms with Crippen LogP contribution in [-0.4, -0.2) is 71.7 Å². The summed E-state index contributed by atoms with van der Waals surface area (Å²) in [6, 6.07) is 0. The van der Waals surface area contributed by atoms with Gasteiger partial charge in [0.2, 0.25) is 0 Å². The molecular formula is H4CaCl6KMgNaO2. The van der Waals surface area contributed by atoms with Crippen LogP contribution in [0.25, 0.3) is 0 Å². The minimum Gasteiger partial charge on any atom is -1.00 e. The van der Waals surface area contributed by atoms with Crippen LogP contribution in [0, 0.1) is 0 Å². The van der Waals surface area contributed by atoms with Gasteiger partial charge in [0.05, 0.1) is 0 Å². The van der Waals surface area contributed by atoms with Crippen molar-refractivity contribution in [1.29, 1.82) is 0 Å². The van der Waals surface area contributed by atoms with Crippen molar-refractivity contribution in [3.63, 3.8) is 0 Å². The Balaban J connectivity index is 0. The van der Waals surface area contributed by atoms with E-state index in [-0.39, 0.29) is 227 Å². The summed E-state index contributed by atoms with van der Waals surface area (Å²) in [5.41, 5.74) is 0. The largest absolute Gasteiger partial charge is 2.00 e. The summed E-state index contributed by atoms with van der Waals surface area (Å²) in [6.07, 6.45) is 0. The third-order valence-corrected chi connectivity index (χ3v) is 0. The second kappa shape index (κ2) is 115. The van der Waals surface area contributed by atoms with Crippen LogP contribution >= 0.6 is 0 Å². The molecule has 0 aromatic rings. The van der Waals surface area contributed by atoms with Crippen molar-refractivity contribution >= 4 is 60.8 Å². The van der Waals surface area contributed by atoms with Gasteiger partial charge in [0.15, 0.2) is 0 Å². The maximum absolute atomic E-state index is 0. The van der Waals surface area contributed by atoms with Crippen molar-refractivity contribution in [3.8, 4) is 0 Å². The summed E-state index contributed by atoms with van der Waals surface area (Å²) in [5.74, 6) is 0. The summed E-state index contributed by atoms with van der Waals surface area (Å²) >= 11 is 0. The van der Waals surface area contributed by atoms with E-state index in [9.17, 15) is 0 Å². The standard InChI is InChI=1S/Ca.6ClH.K.Mg.Na.2H2O/h;6*1H;;;;2*1H2/q+2;;;;;;;+1;+2;+1;;/p-6. The molecule has 2 nitrogen and oxygen atoms in total. The van der Waals surface area contributed by atoms with E-state index in [1.165, 1.54) is 0 Å². The van der Waals surface area contributed by atoms with Crippen LogP contribution in [0.1, 0.15) is 0 Å². The maximum atomic E-state index is 0. The van der Waals surface area contributed by atoms with Gasteiger partial charge in [-0.25, -0.2) is 0 Å². The van der Waals surface area contributed by atoms with Gasteiger partial charge in [-0.05, 0) is 0 Å². The molecule has 0 fully saturated rings. The quantitative estimate of drug-likeness (QED) is 0.378. The molecule has 0 heterocycles. The molecule has 0 aliphatic carbocycles. The Bertz CT molecular complexity index is 25.5. The van der Waals surface area contributed by atoms with Gasteiger partial charge in [-0.2, -0.15) is 0 Å². The number of hydrogen-bond donors (Lipinski definition) is 0. The van der Waals surface area contributed by atoms with E-state index < -0.39 is 0 Å². The maximum Gasteiger partial charge on any atom is 2.00 e. The smallest absolute Gasteiger partial charge is 1.00 e. The van der Waals surface area contributed by atoms with Crippen LogP contribution in [-0.2, 0) is 0 Å². The molecule has 0 spiro atoms. The third kappa shape index (κ3) is 95.9. The molecule has 0 aliphatic heterocycles. The number of halogens is 6. The molecule has 4 N–H and O–H groups in total. The van der Waals surface area contributed by atoms with E-state index in [0.717, 1.165) is 0 Å². The fourth-order valence-electron chi connectivity index (χ4n) is 0. The van der Waals surface area contributed by atoms with Gasteiger partial charge in [-0.15, -0.1) is 0 Å². The van der Waals surface area contributed by atoms with E-state index in [1.807, 2.05) is 0 Å². The number of hydrogen-bond acceptors (Lipinski definition) is 0. The first-order valence-electron chi connectivity index (χ1n) is 0. The zero-order valence-corrected chi connectivity index (χ0v) is 20.0. The topological polar surface area (TPSA) is 63.0 Å². The molecule has 64 valence electrons. The predicted molar refractivity (Wildman–Crippen MR) is 18.7 cm³/mol. The Labute approximate surface area is 221 Å². The SMILES string of the molecule is O.O.[Ca+2].[Cl-].[Cl-].[Cl-].[Cl-].[Cl-].[Cl-].[K+].[Mg+2].[Na+]. The molecule has 0 radical (unpaired) electrons. The van der Waals surface area contributed by atoms with Crippen LogP contribution < -0.4 is 155 Å². The number of rotatable bonds is 0.